The summed E-state index contributed by atoms with van der Waals surface area (Å²) >= 11 is 0. The number of aromatic hydroxyl groups is 1. The molecule has 0 atom stereocenters. The number of phenolic OH excluding ortho intramolecular Hbond substituents is 1. The molecule has 0 spiro atoms. The number of aromatic carboxylic acids is 1. The highest BCUT2D eigenvalue weighted by molar-refractivity contribution is 5.90. The Hall–Kier alpha value is -2.56. The van der Waals surface area contributed by atoms with Gasteiger partial charge in [-0.25, -0.2) is 9.18 Å². The van der Waals surface area contributed by atoms with E-state index in [1.54, 1.807) is 0 Å². The molecular formula is C14H11FO4. The number of ether oxygens (including phenoxy) is 1. The van der Waals surface area contributed by atoms with E-state index in [4.69, 9.17) is 9.84 Å². The molecule has 19 heavy (non-hydrogen) atoms. The number of benzene rings is 2. The standard InChI is InChI=1S/C14H11FO4/c1-19-13-6-8(14(17)18)2-4-10(13)11-7-9(15)3-5-12(11)16/h2-7,16H,1H3,(H,17,18). The number of carbonyl (C=O) groups is 1. The smallest absolute Gasteiger partial charge is 0.335 e. The fourth-order valence-electron chi connectivity index (χ4n) is 1.77. The summed E-state index contributed by atoms with van der Waals surface area (Å²) in [4.78, 5) is 10.9. The zero-order valence-electron chi connectivity index (χ0n) is 10.1. The molecule has 0 unspecified atom stereocenters. The Balaban J connectivity index is 2.62. The van der Waals surface area contributed by atoms with Gasteiger partial charge >= 0.3 is 5.97 Å². The molecule has 0 saturated heterocycles. The second-order valence-electron chi connectivity index (χ2n) is 3.88. The van der Waals surface area contributed by atoms with E-state index in [1.807, 2.05) is 0 Å². The summed E-state index contributed by atoms with van der Waals surface area (Å²) in [6.45, 7) is 0. The van der Waals surface area contributed by atoms with Crippen LogP contribution in [0.15, 0.2) is 36.4 Å². The van der Waals surface area contributed by atoms with E-state index in [9.17, 15) is 14.3 Å². The van der Waals surface area contributed by atoms with Gasteiger partial charge in [0.2, 0.25) is 0 Å². The lowest BCUT2D eigenvalue weighted by Gasteiger charge is -2.11. The molecule has 0 radical (unpaired) electrons. The van der Waals surface area contributed by atoms with Crippen molar-refractivity contribution in [1.29, 1.82) is 0 Å². The summed E-state index contributed by atoms with van der Waals surface area (Å²) in [7, 11) is 1.38. The first-order chi connectivity index (χ1) is 9.02. The van der Waals surface area contributed by atoms with Gasteiger partial charge in [-0.15, -0.1) is 0 Å². The van der Waals surface area contributed by atoms with Gasteiger partial charge in [0.05, 0.1) is 12.7 Å². The van der Waals surface area contributed by atoms with Crippen LogP contribution in [0.5, 0.6) is 11.5 Å². The SMILES string of the molecule is COc1cc(C(=O)O)ccc1-c1cc(F)ccc1O. The maximum atomic E-state index is 13.2. The number of hydrogen-bond donors (Lipinski definition) is 2. The van der Waals surface area contributed by atoms with E-state index < -0.39 is 11.8 Å². The first kappa shape index (κ1) is 12.9. The first-order valence-electron chi connectivity index (χ1n) is 5.43. The van der Waals surface area contributed by atoms with Gasteiger partial charge in [-0.1, -0.05) is 0 Å². The molecule has 0 aromatic heterocycles. The molecular weight excluding hydrogens is 251 g/mol. The Morgan fingerprint density at radius 1 is 1.16 bits per heavy atom. The van der Waals surface area contributed by atoms with E-state index in [-0.39, 0.29) is 22.6 Å². The van der Waals surface area contributed by atoms with Crippen molar-refractivity contribution in [1.82, 2.24) is 0 Å². The number of rotatable bonds is 3. The molecule has 0 heterocycles. The maximum absolute atomic E-state index is 13.2. The van der Waals surface area contributed by atoms with Crippen LogP contribution in [-0.4, -0.2) is 23.3 Å². The third kappa shape index (κ3) is 2.49. The van der Waals surface area contributed by atoms with Crippen molar-refractivity contribution in [2.45, 2.75) is 0 Å². The summed E-state index contributed by atoms with van der Waals surface area (Å²) in [5.74, 6) is -1.45. The van der Waals surface area contributed by atoms with Crippen LogP contribution in [0.4, 0.5) is 4.39 Å². The number of hydrogen-bond acceptors (Lipinski definition) is 3. The zero-order valence-corrected chi connectivity index (χ0v) is 10.1. The molecule has 0 aliphatic heterocycles. The van der Waals surface area contributed by atoms with Gasteiger partial charge in [-0.05, 0) is 36.4 Å². The molecule has 0 aliphatic rings. The third-order valence-corrected chi connectivity index (χ3v) is 2.70. The predicted octanol–water partition coefficient (Wildman–Crippen LogP) is 2.91. The minimum atomic E-state index is -1.09. The molecule has 2 aromatic rings. The molecule has 4 nitrogen and oxygen atoms in total. The predicted molar refractivity (Wildman–Crippen MR) is 67.0 cm³/mol. The van der Waals surface area contributed by atoms with Gasteiger partial charge in [0.15, 0.2) is 0 Å². The lowest BCUT2D eigenvalue weighted by Crippen LogP contribution is -1.98. The van der Waals surface area contributed by atoms with E-state index in [0.29, 0.717) is 5.56 Å². The number of halogens is 1. The molecule has 0 aliphatic carbocycles. The largest absolute Gasteiger partial charge is 0.507 e. The molecule has 5 heteroatoms. The lowest BCUT2D eigenvalue weighted by atomic mass is 10.0. The first-order valence-corrected chi connectivity index (χ1v) is 5.43. The molecule has 2 rings (SSSR count). The van der Waals surface area contributed by atoms with Gasteiger partial charge < -0.3 is 14.9 Å². The average Bonchev–Trinajstić information content (AvgIpc) is 2.40. The molecule has 2 aromatic carbocycles. The van der Waals surface area contributed by atoms with Crippen LogP contribution >= 0.6 is 0 Å². The molecule has 2 N–H and O–H groups in total. The highest BCUT2D eigenvalue weighted by atomic mass is 19.1. The summed E-state index contributed by atoms with van der Waals surface area (Å²) in [5.41, 5.74) is 0.717. The van der Waals surface area contributed by atoms with Gasteiger partial charge in [-0.3, -0.25) is 0 Å². The Bertz CT molecular complexity index is 637. The topological polar surface area (TPSA) is 66.8 Å². The van der Waals surface area contributed by atoms with Crippen LogP contribution in [-0.2, 0) is 0 Å². The van der Waals surface area contributed by atoms with Crippen LogP contribution in [0.1, 0.15) is 10.4 Å². The fourth-order valence-corrected chi connectivity index (χ4v) is 1.77. The molecule has 0 saturated carbocycles. The van der Waals surface area contributed by atoms with Crippen LogP contribution in [0.25, 0.3) is 11.1 Å². The van der Waals surface area contributed by atoms with Crippen molar-refractivity contribution in [3.05, 3.63) is 47.8 Å². The Labute approximate surface area is 108 Å². The van der Waals surface area contributed by atoms with Crippen molar-refractivity contribution >= 4 is 5.97 Å². The number of phenols is 1. The third-order valence-electron chi connectivity index (χ3n) is 2.70. The van der Waals surface area contributed by atoms with Crippen LogP contribution in [0, 0.1) is 5.82 Å². The van der Waals surface area contributed by atoms with Crippen LogP contribution < -0.4 is 4.74 Å². The van der Waals surface area contributed by atoms with Crippen LogP contribution in [0.3, 0.4) is 0 Å². The Morgan fingerprint density at radius 3 is 2.53 bits per heavy atom. The highest BCUT2D eigenvalue weighted by Gasteiger charge is 2.14. The van der Waals surface area contributed by atoms with E-state index in [1.165, 1.54) is 31.4 Å². The quantitative estimate of drug-likeness (QED) is 0.892. The number of carboxylic acid groups (broad SMARTS) is 1. The second kappa shape index (κ2) is 4.97. The summed E-state index contributed by atoms with van der Waals surface area (Å²) in [6.07, 6.45) is 0. The summed E-state index contributed by atoms with van der Waals surface area (Å²) in [6, 6.07) is 7.68. The number of methoxy groups -OCH3 is 1. The second-order valence-corrected chi connectivity index (χ2v) is 3.88. The fraction of sp³-hybridized carbons (Fsp3) is 0.0714. The van der Waals surface area contributed by atoms with Crippen molar-refractivity contribution in [3.8, 4) is 22.6 Å². The van der Waals surface area contributed by atoms with E-state index >= 15 is 0 Å². The van der Waals surface area contributed by atoms with E-state index in [0.717, 1.165) is 12.1 Å². The summed E-state index contributed by atoms with van der Waals surface area (Å²) < 4.78 is 18.3. The molecule has 98 valence electrons. The molecule has 0 amide bonds. The van der Waals surface area contributed by atoms with E-state index in [2.05, 4.69) is 0 Å². The lowest BCUT2D eigenvalue weighted by molar-refractivity contribution is 0.0696. The minimum absolute atomic E-state index is 0.0523. The Morgan fingerprint density at radius 2 is 1.89 bits per heavy atom. The highest BCUT2D eigenvalue weighted by Crippen LogP contribution is 2.36. The van der Waals surface area contributed by atoms with Crippen molar-refractivity contribution in [3.63, 3.8) is 0 Å². The van der Waals surface area contributed by atoms with Crippen molar-refractivity contribution < 1.29 is 24.1 Å². The minimum Gasteiger partial charge on any atom is -0.507 e. The van der Waals surface area contributed by atoms with Gasteiger partial charge in [-0.2, -0.15) is 0 Å². The Kier molecular flexibility index (Phi) is 3.37. The molecule has 0 fully saturated rings. The summed E-state index contributed by atoms with van der Waals surface area (Å²) in [5, 5.41) is 18.6. The zero-order chi connectivity index (χ0) is 14.0. The normalized spacial score (nSPS) is 10.2. The van der Waals surface area contributed by atoms with Gasteiger partial charge in [0.25, 0.3) is 0 Å². The van der Waals surface area contributed by atoms with Crippen molar-refractivity contribution in [2.24, 2.45) is 0 Å². The van der Waals surface area contributed by atoms with Gasteiger partial charge in [0.1, 0.15) is 17.3 Å². The number of carboxylic acids is 1. The van der Waals surface area contributed by atoms with Gasteiger partial charge in [0, 0.05) is 11.1 Å². The van der Waals surface area contributed by atoms with Crippen molar-refractivity contribution in [2.75, 3.05) is 7.11 Å². The monoisotopic (exact) mass is 262 g/mol. The van der Waals surface area contributed by atoms with Crippen LogP contribution in [0.2, 0.25) is 0 Å². The average molecular weight is 262 g/mol. The molecule has 0 bridgehead atoms. The maximum Gasteiger partial charge on any atom is 0.335 e.